The zero-order valence-corrected chi connectivity index (χ0v) is 13.2. The molecule has 1 aliphatic heterocycles. The van der Waals surface area contributed by atoms with Crippen LogP contribution in [0, 0.1) is 11.8 Å². The second kappa shape index (κ2) is 6.15. The van der Waals surface area contributed by atoms with Gasteiger partial charge in [-0.1, -0.05) is 27.7 Å². The van der Waals surface area contributed by atoms with Crippen molar-refractivity contribution in [2.75, 3.05) is 0 Å². The van der Waals surface area contributed by atoms with Crippen molar-refractivity contribution in [3.8, 4) is 0 Å². The SMILES string of the molecule is CCC1NC(=O)C(CC)N(C2CC(C)CC(C)C2)C1=O. The van der Waals surface area contributed by atoms with Crippen LogP contribution in [0.2, 0.25) is 0 Å². The minimum Gasteiger partial charge on any atom is -0.343 e. The van der Waals surface area contributed by atoms with Crippen molar-refractivity contribution in [3.05, 3.63) is 0 Å². The molecular weight excluding hydrogens is 252 g/mol. The number of rotatable bonds is 3. The van der Waals surface area contributed by atoms with Crippen LogP contribution < -0.4 is 5.32 Å². The number of piperazine rings is 1. The van der Waals surface area contributed by atoms with Gasteiger partial charge in [0.2, 0.25) is 11.8 Å². The number of amides is 2. The van der Waals surface area contributed by atoms with Crippen molar-refractivity contribution in [2.24, 2.45) is 11.8 Å². The molecule has 4 atom stereocenters. The Hall–Kier alpha value is -1.06. The van der Waals surface area contributed by atoms with E-state index in [4.69, 9.17) is 0 Å². The first-order valence-corrected chi connectivity index (χ1v) is 8.10. The number of carbonyl (C=O) groups is 2. The maximum absolute atomic E-state index is 12.7. The molecule has 0 bridgehead atoms. The quantitative estimate of drug-likeness (QED) is 0.862. The summed E-state index contributed by atoms with van der Waals surface area (Å²) in [4.78, 5) is 26.9. The van der Waals surface area contributed by atoms with Crippen LogP contribution in [0.1, 0.15) is 59.8 Å². The smallest absolute Gasteiger partial charge is 0.246 e. The van der Waals surface area contributed by atoms with Gasteiger partial charge in [-0.25, -0.2) is 0 Å². The fourth-order valence-corrected chi connectivity index (χ4v) is 4.01. The van der Waals surface area contributed by atoms with Gasteiger partial charge in [0.05, 0.1) is 0 Å². The average molecular weight is 280 g/mol. The summed E-state index contributed by atoms with van der Waals surface area (Å²) in [5, 5.41) is 2.88. The summed E-state index contributed by atoms with van der Waals surface area (Å²) in [5.41, 5.74) is 0. The van der Waals surface area contributed by atoms with Crippen LogP contribution in [-0.2, 0) is 9.59 Å². The Kier molecular flexibility index (Phi) is 4.71. The summed E-state index contributed by atoms with van der Waals surface area (Å²) in [6, 6.07) is -0.350. The molecule has 1 heterocycles. The van der Waals surface area contributed by atoms with Crippen LogP contribution in [0.5, 0.6) is 0 Å². The van der Waals surface area contributed by atoms with E-state index >= 15 is 0 Å². The molecule has 0 spiro atoms. The zero-order valence-electron chi connectivity index (χ0n) is 13.2. The van der Waals surface area contributed by atoms with Gasteiger partial charge >= 0.3 is 0 Å². The van der Waals surface area contributed by atoms with Gasteiger partial charge in [0.25, 0.3) is 0 Å². The lowest BCUT2D eigenvalue weighted by molar-refractivity contribution is -0.154. The number of nitrogens with zero attached hydrogens (tertiary/aromatic N) is 1. The van der Waals surface area contributed by atoms with Crippen LogP contribution in [0.4, 0.5) is 0 Å². The molecule has 1 saturated carbocycles. The molecule has 0 radical (unpaired) electrons. The Morgan fingerprint density at radius 3 is 2.15 bits per heavy atom. The van der Waals surface area contributed by atoms with Gasteiger partial charge in [0.15, 0.2) is 0 Å². The van der Waals surface area contributed by atoms with E-state index in [2.05, 4.69) is 19.2 Å². The highest BCUT2D eigenvalue weighted by molar-refractivity contribution is 5.97. The van der Waals surface area contributed by atoms with E-state index in [9.17, 15) is 9.59 Å². The topological polar surface area (TPSA) is 49.4 Å². The Morgan fingerprint density at radius 1 is 1.05 bits per heavy atom. The van der Waals surface area contributed by atoms with E-state index in [0.29, 0.717) is 24.7 Å². The predicted molar refractivity (Wildman–Crippen MR) is 79.1 cm³/mol. The third-order valence-corrected chi connectivity index (χ3v) is 4.85. The Labute approximate surface area is 122 Å². The molecule has 1 aliphatic carbocycles. The van der Waals surface area contributed by atoms with E-state index in [1.165, 1.54) is 6.42 Å². The van der Waals surface area contributed by atoms with Gasteiger partial charge in [-0.15, -0.1) is 0 Å². The average Bonchev–Trinajstić information content (AvgIpc) is 2.39. The van der Waals surface area contributed by atoms with Gasteiger partial charge in [-0.3, -0.25) is 9.59 Å². The molecule has 20 heavy (non-hydrogen) atoms. The number of nitrogens with one attached hydrogen (secondary N) is 1. The molecule has 0 aromatic rings. The predicted octanol–water partition coefficient (Wildman–Crippen LogP) is 2.33. The Bertz CT molecular complexity index is 373. The standard InChI is InChI=1S/C16H28N2O2/c1-5-13-16(20)18(14(6-2)15(19)17-13)12-8-10(3)7-11(4)9-12/h10-14H,5-9H2,1-4H3,(H,17,19). The van der Waals surface area contributed by atoms with Crippen molar-refractivity contribution in [2.45, 2.75) is 77.9 Å². The first-order valence-electron chi connectivity index (χ1n) is 8.10. The summed E-state index contributed by atoms with van der Waals surface area (Å²) in [7, 11) is 0. The molecular formula is C16H28N2O2. The highest BCUT2D eigenvalue weighted by Gasteiger charge is 2.43. The molecule has 0 aromatic carbocycles. The fraction of sp³-hybridized carbons (Fsp3) is 0.875. The second-order valence-corrected chi connectivity index (χ2v) is 6.71. The van der Waals surface area contributed by atoms with Crippen LogP contribution in [0.25, 0.3) is 0 Å². The van der Waals surface area contributed by atoms with E-state index in [1.807, 2.05) is 18.7 Å². The third-order valence-electron chi connectivity index (χ3n) is 4.85. The highest BCUT2D eigenvalue weighted by atomic mass is 16.2. The van der Waals surface area contributed by atoms with Gasteiger partial charge in [-0.05, 0) is 43.9 Å². The monoisotopic (exact) mass is 280 g/mol. The number of hydrogen-bond donors (Lipinski definition) is 1. The lowest BCUT2D eigenvalue weighted by Crippen LogP contribution is -2.66. The lowest BCUT2D eigenvalue weighted by atomic mass is 9.78. The van der Waals surface area contributed by atoms with Crippen molar-refractivity contribution < 1.29 is 9.59 Å². The minimum absolute atomic E-state index is 0.0322. The van der Waals surface area contributed by atoms with Crippen LogP contribution in [0.3, 0.4) is 0 Å². The van der Waals surface area contributed by atoms with Gasteiger partial charge < -0.3 is 10.2 Å². The maximum Gasteiger partial charge on any atom is 0.246 e. The molecule has 2 amide bonds. The van der Waals surface area contributed by atoms with E-state index in [0.717, 1.165) is 12.8 Å². The molecule has 4 unspecified atom stereocenters. The molecule has 2 fully saturated rings. The van der Waals surface area contributed by atoms with Gasteiger partial charge in [-0.2, -0.15) is 0 Å². The Balaban J connectivity index is 2.23. The van der Waals surface area contributed by atoms with Crippen LogP contribution >= 0.6 is 0 Å². The van der Waals surface area contributed by atoms with Crippen LogP contribution in [-0.4, -0.2) is 34.8 Å². The van der Waals surface area contributed by atoms with Crippen molar-refractivity contribution in [1.82, 2.24) is 10.2 Å². The zero-order chi connectivity index (χ0) is 14.9. The van der Waals surface area contributed by atoms with Crippen molar-refractivity contribution in [1.29, 1.82) is 0 Å². The molecule has 0 aromatic heterocycles. The third kappa shape index (κ3) is 2.84. The van der Waals surface area contributed by atoms with Gasteiger partial charge in [0.1, 0.15) is 12.1 Å². The summed E-state index contributed by atoms with van der Waals surface area (Å²) in [6.45, 7) is 8.47. The molecule has 4 heteroatoms. The number of carbonyl (C=O) groups excluding carboxylic acids is 2. The van der Waals surface area contributed by atoms with E-state index in [1.54, 1.807) is 0 Å². The lowest BCUT2D eigenvalue weighted by Gasteiger charge is -2.46. The highest BCUT2D eigenvalue weighted by Crippen LogP contribution is 2.34. The largest absolute Gasteiger partial charge is 0.343 e. The molecule has 2 aliphatic rings. The van der Waals surface area contributed by atoms with Crippen molar-refractivity contribution in [3.63, 3.8) is 0 Å². The summed E-state index contributed by atoms with van der Waals surface area (Å²) < 4.78 is 0. The van der Waals surface area contributed by atoms with E-state index in [-0.39, 0.29) is 29.9 Å². The van der Waals surface area contributed by atoms with Gasteiger partial charge in [0, 0.05) is 6.04 Å². The first kappa shape index (κ1) is 15.3. The molecule has 2 rings (SSSR count). The fourth-order valence-electron chi connectivity index (χ4n) is 4.01. The normalized spacial score (nSPS) is 38.8. The Morgan fingerprint density at radius 2 is 1.65 bits per heavy atom. The first-order chi connectivity index (χ1) is 9.47. The molecule has 1 saturated heterocycles. The molecule has 114 valence electrons. The summed E-state index contributed by atoms with van der Waals surface area (Å²) in [5.74, 6) is 1.44. The van der Waals surface area contributed by atoms with E-state index < -0.39 is 0 Å². The molecule has 1 N–H and O–H groups in total. The molecule has 4 nitrogen and oxygen atoms in total. The summed E-state index contributed by atoms with van der Waals surface area (Å²) in [6.07, 6.45) is 4.69. The number of hydrogen-bond acceptors (Lipinski definition) is 2. The van der Waals surface area contributed by atoms with Crippen molar-refractivity contribution >= 4 is 11.8 Å². The second-order valence-electron chi connectivity index (χ2n) is 6.71. The minimum atomic E-state index is -0.321. The van der Waals surface area contributed by atoms with Crippen LogP contribution in [0.15, 0.2) is 0 Å². The summed E-state index contributed by atoms with van der Waals surface area (Å²) >= 11 is 0. The maximum atomic E-state index is 12.7.